The first-order chi connectivity index (χ1) is 11.5. The number of carbonyl (C=O) groups excluding carboxylic acids is 2. The van der Waals surface area contributed by atoms with Gasteiger partial charge < -0.3 is 14.5 Å². The molecule has 0 spiro atoms. The predicted octanol–water partition coefficient (Wildman–Crippen LogP) is 1.63. The number of ether oxygens (including phenoxy) is 1. The molecule has 2 saturated heterocycles. The monoisotopic (exact) mass is 331 g/mol. The van der Waals surface area contributed by atoms with Gasteiger partial charge in [0.2, 0.25) is 17.7 Å². The van der Waals surface area contributed by atoms with Crippen LogP contribution in [-0.2, 0) is 9.59 Å². The molecule has 0 bridgehead atoms. The van der Waals surface area contributed by atoms with Crippen LogP contribution in [0.4, 0.5) is 0 Å². The molecule has 0 saturated carbocycles. The molecule has 0 N–H and O–H groups in total. The lowest BCUT2D eigenvalue weighted by molar-refractivity contribution is -0.139. The van der Waals surface area contributed by atoms with Crippen LogP contribution in [0, 0.1) is 12.8 Å². The second-order valence-electron chi connectivity index (χ2n) is 6.71. The second kappa shape index (κ2) is 7.20. The number of piperidine rings is 1. The average Bonchev–Trinajstić information content (AvgIpc) is 3.02. The molecular formula is C18H25N3O3. The minimum Gasteiger partial charge on any atom is -0.472 e. The highest BCUT2D eigenvalue weighted by Gasteiger charge is 2.34. The Balaban J connectivity index is 1.50. The summed E-state index contributed by atoms with van der Waals surface area (Å²) in [6.45, 7) is 6.26. The van der Waals surface area contributed by atoms with Crippen molar-refractivity contribution in [3.05, 3.63) is 23.9 Å². The van der Waals surface area contributed by atoms with Gasteiger partial charge >= 0.3 is 0 Å². The molecule has 1 unspecified atom stereocenters. The van der Waals surface area contributed by atoms with Crippen molar-refractivity contribution in [3.63, 3.8) is 0 Å². The first-order valence-corrected chi connectivity index (χ1v) is 8.67. The minimum atomic E-state index is 0.0144. The van der Waals surface area contributed by atoms with Crippen LogP contribution in [-0.4, -0.2) is 58.9 Å². The van der Waals surface area contributed by atoms with Crippen LogP contribution in [0.1, 0.15) is 31.9 Å². The van der Waals surface area contributed by atoms with E-state index in [1.165, 1.54) is 0 Å². The molecule has 2 aliphatic rings. The number of amides is 2. The highest BCUT2D eigenvalue weighted by Crippen LogP contribution is 2.23. The summed E-state index contributed by atoms with van der Waals surface area (Å²) >= 11 is 0. The Bertz CT molecular complexity index is 611. The van der Waals surface area contributed by atoms with Crippen molar-refractivity contribution < 1.29 is 14.3 Å². The fourth-order valence-electron chi connectivity index (χ4n) is 3.48. The average molecular weight is 331 g/mol. The van der Waals surface area contributed by atoms with Crippen LogP contribution < -0.4 is 4.74 Å². The fourth-order valence-corrected chi connectivity index (χ4v) is 3.48. The molecular weight excluding hydrogens is 306 g/mol. The molecule has 0 aromatic carbocycles. The van der Waals surface area contributed by atoms with Crippen LogP contribution >= 0.6 is 0 Å². The topological polar surface area (TPSA) is 62.7 Å². The van der Waals surface area contributed by atoms with Gasteiger partial charge in [-0.25, -0.2) is 4.98 Å². The lowest BCUT2D eigenvalue weighted by atomic mass is 9.95. The van der Waals surface area contributed by atoms with Gasteiger partial charge in [0.1, 0.15) is 6.10 Å². The van der Waals surface area contributed by atoms with Gasteiger partial charge in [0.15, 0.2) is 0 Å². The van der Waals surface area contributed by atoms with Gasteiger partial charge in [-0.2, -0.15) is 0 Å². The van der Waals surface area contributed by atoms with E-state index in [1.807, 2.05) is 34.9 Å². The van der Waals surface area contributed by atoms with E-state index in [-0.39, 0.29) is 23.8 Å². The Morgan fingerprint density at radius 1 is 1.12 bits per heavy atom. The maximum atomic E-state index is 12.7. The smallest absolute Gasteiger partial charge is 0.225 e. The molecule has 130 valence electrons. The zero-order chi connectivity index (χ0) is 17.1. The van der Waals surface area contributed by atoms with Crippen molar-refractivity contribution in [2.75, 3.05) is 26.2 Å². The predicted molar refractivity (Wildman–Crippen MR) is 89.6 cm³/mol. The van der Waals surface area contributed by atoms with Gasteiger partial charge in [0, 0.05) is 50.7 Å². The number of pyridine rings is 1. The molecule has 2 amide bonds. The molecule has 0 aliphatic carbocycles. The Kier molecular flexibility index (Phi) is 5.02. The van der Waals surface area contributed by atoms with Crippen LogP contribution in [0.15, 0.2) is 18.2 Å². The lowest BCUT2D eigenvalue weighted by Crippen LogP contribution is -2.43. The van der Waals surface area contributed by atoms with E-state index in [4.69, 9.17) is 4.74 Å². The van der Waals surface area contributed by atoms with Crippen molar-refractivity contribution in [1.29, 1.82) is 0 Å². The van der Waals surface area contributed by atoms with E-state index >= 15 is 0 Å². The van der Waals surface area contributed by atoms with Crippen LogP contribution in [0.2, 0.25) is 0 Å². The van der Waals surface area contributed by atoms with Gasteiger partial charge in [0.05, 0.1) is 6.54 Å². The number of nitrogens with zero attached hydrogens (tertiary/aromatic N) is 3. The summed E-state index contributed by atoms with van der Waals surface area (Å²) in [7, 11) is 0. The third-order valence-corrected chi connectivity index (χ3v) is 4.90. The van der Waals surface area contributed by atoms with E-state index < -0.39 is 0 Å². The lowest BCUT2D eigenvalue weighted by Gasteiger charge is -2.32. The molecule has 1 aromatic rings. The Labute approximate surface area is 142 Å². The molecule has 24 heavy (non-hydrogen) atoms. The zero-order valence-corrected chi connectivity index (χ0v) is 14.4. The van der Waals surface area contributed by atoms with Crippen molar-refractivity contribution in [1.82, 2.24) is 14.8 Å². The first kappa shape index (κ1) is 16.7. The number of aryl methyl sites for hydroxylation is 1. The summed E-state index contributed by atoms with van der Waals surface area (Å²) in [5.74, 6) is 0.975. The minimum absolute atomic E-state index is 0.0144. The van der Waals surface area contributed by atoms with E-state index in [0.29, 0.717) is 25.5 Å². The van der Waals surface area contributed by atoms with Crippen molar-refractivity contribution in [2.45, 2.75) is 39.2 Å². The third kappa shape index (κ3) is 3.86. The first-order valence-electron chi connectivity index (χ1n) is 8.67. The maximum absolute atomic E-state index is 12.7. The number of likely N-dealkylation sites (tertiary alicyclic amines) is 2. The van der Waals surface area contributed by atoms with Gasteiger partial charge in [0.25, 0.3) is 0 Å². The summed E-state index contributed by atoms with van der Waals surface area (Å²) in [5.41, 5.74) is 0.927. The standard InChI is InChI=1S/C18H25N3O3/c1-13-4-3-5-17(19-13)24-16-8-11-21(12-16)18(23)15-6-9-20(10-7-15)14(2)22/h3-5,15-16H,6-12H2,1-2H3. The van der Waals surface area contributed by atoms with Crippen LogP contribution in [0.5, 0.6) is 5.88 Å². The number of carbonyl (C=O) groups is 2. The Morgan fingerprint density at radius 3 is 2.50 bits per heavy atom. The van der Waals surface area contributed by atoms with Crippen molar-refractivity contribution in [3.8, 4) is 5.88 Å². The largest absolute Gasteiger partial charge is 0.472 e. The summed E-state index contributed by atoms with van der Waals surface area (Å²) in [4.78, 5) is 32.2. The molecule has 0 radical (unpaired) electrons. The van der Waals surface area contributed by atoms with Crippen molar-refractivity contribution in [2.24, 2.45) is 5.92 Å². The van der Waals surface area contributed by atoms with Crippen LogP contribution in [0.3, 0.4) is 0 Å². The molecule has 3 heterocycles. The van der Waals surface area contributed by atoms with Crippen molar-refractivity contribution >= 4 is 11.8 Å². The summed E-state index contributed by atoms with van der Waals surface area (Å²) < 4.78 is 5.91. The molecule has 6 heteroatoms. The van der Waals surface area contributed by atoms with Crippen LogP contribution in [0.25, 0.3) is 0 Å². The number of aromatic nitrogens is 1. The van der Waals surface area contributed by atoms with Gasteiger partial charge in [-0.15, -0.1) is 0 Å². The highest BCUT2D eigenvalue weighted by molar-refractivity contribution is 5.80. The molecule has 2 aliphatic heterocycles. The van der Waals surface area contributed by atoms with E-state index in [2.05, 4.69) is 4.98 Å². The quantitative estimate of drug-likeness (QED) is 0.844. The summed E-state index contributed by atoms with van der Waals surface area (Å²) in [6.07, 6.45) is 2.38. The van der Waals surface area contributed by atoms with E-state index in [1.54, 1.807) is 6.92 Å². The third-order valence-electron chi connectivity index (χ3n) is 4.90. The molecule has 1 aromatic heterocycles. The summed E-state index contributed by atoms with van der Waals surface area (Å²) in [6, 6.07) is 5.72. The number of hydrogen-bond donors (Lipinski definition) is 0. The van der Waals surface area contributed by atoms with E-state index in [0.717, 1.165) is 31.5 Å². The number of rotatable bonds is 3. The summed E-state index contributed by atoms with van der Waals surface area (Å²) in [5, 5.41) is 0. The molecule has 3 rings (SSSR count). The number of hydrogen-bond acceptors (Lipinski definition) is 4. The van der Waals surface area contributed by atoms with Gasteiger partial charge in [-0.1, -0.05) is 6.07 Å². The van der Waals surface area contributed by atoms with E-state index in [9.17, 15) is 9.59 Å². The van der Waals surface area contributed by atoms with Gasteiger partial charge in [-0.3, -0.25) is 9.59 Å². The van der Waals surface area contributed by atoms with Gasteiger partial charge in [-0.05, 0) is 25.8 Å². The SMILES string of the molecule is CC(=O)N1CCC(C(=O)N2CCC(Oc3cccc(C)n3)C2)CC1. The maximum Gasteiger partial charge on any atom is 0.225 e. The normalized spacial score (nSPS) is 21.8. The fraction of sp³-hybridized carbons (Fsp3) is 0.611. The molecule has 6 nitrogen and oxygen atoms in total. The second-order valence-corrected chi connectivity index (χ2v) is 6.71. The Morgan fingerprint density at radius 2 is 1.83 bits per heavy atom. The Hall–Kier alpha value is -2.11. The highest BCUT2D eigenvalue weighted by atomic mass is 16.5. The molecule has 1 atom stereocenters. The molecule has 2 fully saturated rings. The zero-order valence-electron chi connectivity index (χ0n) is 14.4.